The van der Waals surface area contributed by atoms with E-state index in [2.05, 4.69) is 37.7 Å². The van der Waals surface area contributed by atoms with Crippen LogP contribution in [0.15, 0.2) is 66.3 Å². The maximum atomic E-state index is 17.2. The van der Waals surface area contributed by atoms with E-state index < -0.39 is 41.2 Å². The van der Waals surface area contributed by atoms with Crippen LogP contribution in [0.3, 0.4) is 0 Å². The number of benzene rings is 3. The molecule has 0 aliphatic carbocycles. The molecule has 4 fully saturated rings. The van der Waals surface area contributed by atoms with E-state index in [-0.39, 0.29) is 60.9 Å². The van der Waals surface area contributed by atoms with Gasteiger partial charge in [0.05, 0.1) is 34.2 Å². The molecule has 6 aromatic rings. The Labute approximate surface area is 446 Å². The van der Waals surface area contributed by atoms with Crippen molar-refractivity contribution in [1.82, 2.24) is 40.4 Å². The van der Waals surface area contributed by atoms with Crippen LogP contribution in [0.2, 0.25) is 0 Å². The summed E-state index contributed by atoms with van der Waals surface area (Å²) >= 11 is 1.54. The van der Waals surface area contributed by atoms with Gasteiger partial charge in [0.1, 0.15) is 41.5 Å². The third-order valence-corrected chi connectivity index (χ3v) is 16.4. The van der Waals surface area contributed by atoms with Crippen molar-refractivity contribution < 1.29 is 38.5 Å². The molecular formula is C57H69FN10O7S. The number of rotatable bonds is 18. The molecule has 3 aromatic heterocycles. The van der Waals surface area contributed by atoms with Gasteiger partial charge in [-0.3, -0.25) is 24.3 Å². The van der Waals surface area contributed by atoms with Crippen molar-refractivity contribution >= 4 is 62.2 Å². The second kappa shape index (κ2) is 22.7. The summed E-state index contributed by atoms with van der Waals surface area (Å²) in [7, 11) is 0. The van der Waals surface area contributed by atoms with Crippen LogP contribution in [0.1, 0.15) is 83.9 Å². The lowest BCUT2D eigenvalue weighted by Crippen LogP contribution is -2.57. The average molecular weight is 1060 g/mol. The van der Waals surface area contributed by atoms with Crippen LogP contribution in [0.5, 0.6) is 11.8 Å². The van der Waals surface area contributed by atoms with Gasteiger partial charge in [0.2, 0.25) is 17.7 Å². The lowest BCUT2D eigenvalue weighted by Gasteiger charge is -2.35. The van der Waals surface area contributed by atoms with Gasteiger partial charge in [0.25, 0.3) is 0 Å². The molecule has 4 unspecified atom stereocenters. The van der Waals surface area contributed by atoms with Gasteiger partial charge >= 0.3 is 6.01 Å². The number of carbonyl (C=O) groups is 3. The van der Waals surface area contributed by atoms with E-state index in [1.807, 2.05) is 58.0 Å². The van der Waals surface area contributed by atoms with Gasteiger partial charge in [-0.15, -0.1) is 11.3 Å². The number of carbonyl (C=O) groups excluding carboxylic acids is 3. The number of anilines is 2. The number of phenolic OH excluding ortho intramolecular Hbond substituents is 1. The number of thiazole rings is 1. The minimum Gasteiger partial charge on any atom is -0.508 e. The number of piperazine rings is 1. The summed E-state index contributed by atoms with van der Waals surface area (Å²) < 4.78 is 29.5. The molecule has 3 amide bonds. The zero-order valence-corrected chi connectivity index (χ0v) is 44.8. The SMILES string of the molecule is CCc1cccc2cc(O)cc(-c3ncc4c(N5CC6CCC(C5)N6)nc(OC[C@@H]5CCCN5CCCOCCC(=O)N[C@H](C(=O)N5CC(O)CC5C(=O)Nc5ccc(-c6scnc6C)cc5)C(C)(C)C)nc4c3F)c12. The first-order valence-electron chi connectivity index (χ1n) is 26.8. The maximum Gasteiger partial charge on any atom is 0.319 e. The lowest BCUT2D eigenvalue weighted by molar-refractivity contribution is -0.143. The van der Waals surface area contributed by atoms with Crippen molar-refractivity contribution in [2.75, 3.05) is 62.8 Å². The molecule has 76 heavy (non-hydrogen) atoms. The second-order valence-electron chi connectivity index (χ2n) is 21.9. The van der Waals surface area contributed by atoms with Crippen LogP contribution < -0.4 is 25.6 Å². The number of hydrogen-bond acceptors (Lipinski definition) is 15. The van der Waals surface area contributed by atoms with Gasteiger partial charge in [0.15, 0.2) is 5.82 Å². The molecule has 4 aliphatic heterocycles. The molecule has 5 N–H and O–H groups in total. The molecule has 17 nitrogen and oxygen atoms in total. The Balaban J connectivity index is 0.735. The number of aliphatic hydroxyl groups excluding tert-OH is 1. The Kier molecular flexibility index (Phi) is 15.8. The van der Waals surface area contributed by atoms with Gasteiger partial charge in [0, 0.05) is 81.2 Å². The van der Waals surface area contributed by atoms with E-state index in [9.17, 15) is 24.6 Å². The van der Waals surface area contributed by atoms with Crippen molar-refractivity contribution in [2.24, 2.45) is 5.41 Å². The van der Waals surface area contributed by atoms with E-state index in [0.29, 0.717) is 54.2 Å². The lowest BCUT2D eigenvalue weighted by atomic mass is 9.85. The summed E-state index contributed by atoms with van der Waals surface area (Å²) in [6.45, 7) is 13.5. The third kappa shape index (κ3) is 11.5. The van der Waals surface area contributed by atoms with E-state index in [1.54, 1.807) is 47.3 Å². The molecule has 10 rings (SSSR count). The predicted octanol–water partition coefficient (Wildman–Crippen LogP) is 7.40. The molecule has 0 spiro atoms. The fourth-order valence-electron chi connectivity index (χ4n) is 11.5. The first-order valence-corrected chi connectivity index (χ1v) is 27.7. The molecule has 6 atom stereocenters. The minimum atomic E-state index is -0.950. The number of nitrogens with one attached hydrogen (secondary N) is 3. The van der Waals surface area contributed by atoms with Gasteiger partial charge in [-0.05, 0) is 104 Å². The summed E-state index contributed by atoms with van der Waals surface area (Å²) in [6.07, 6.45) is 6.35. The predicted molar refractivity (Wildman–Crippen MR) is 292 cm³/mol. The molecule has 0 saturated carbocycles. The first-order chi connectivity index (χ1) is 36.6. The van der Waals surface area contributed by atoms with Gasteiger partial charge < -0.3 is 45.4 Å². The zero-order chi connectivity index (χ0) is 53.3. The molecule has 7 heterocycles. The Bertz CT molecular complexity index is 3090. The van der Waals surface area contributed by atoms with Crippen molar-refractivity contribution in [1.29, 1.82) is 0 Å². The Morgan fingerprint density at radius 2 is 1.79 bits per heavy atom. The smallest absolute Gasteiger partial charge is 0.319 e. The number of aromatic nitrogens is 4. The normalized spacial score (nSPS) is 21.2. The van der Waals surface area contributed by atoms with E-state index >= 15 is 4.39 Å². The standard InChI is InChI=1S/C57H69FN10O7S/c1-6-34-10-7-11-36-24-41(69)25-43(47(34)36)49-48(58)50-44(27-59-49)53(67-28-38-17-18-39(29-67)61-38)65-56(64-50)75-31-40-12-8-20-66(40)21-9-22-74-23-19-46(71)63-52(57(3,4)5)55(73)68-30-42(70)26-45(68)54(72)62-37-15-13-35(14-16-37)51-33(2)60-32-76-51/h7,10-11,13-16,24-25,27,32,38-40,42,45,52,61,69-70H,6,8-9,12,17-23,26,28-31H2,1-5H3,(H,62,72)(H,63,71)/t38?,39?,40-,42?,45?,52+/m0/s1. The average Bonchev–Trinajstić information content (AvgIpc) is 4.25. The number of pyridine rings is 1. The number of fused-ring (bicyclic) bond motifs is 4. The molecule has 4 aliphatic rings. The highest BCUT2D eigenvalue weighted by molar-refractivity contribution is 7.13. The highest BCUT2D eigenvalue weighted by Crippen LogP contribution is 2.39. The van der Waals surface area contributed by atoms with E-state index in [1.165, 1.54) is 4.90 Å². The summed E-state index contributed by atoms with van der Waals surface area (Å²) in [4.78, 5) is 66.9. The van der Waals surface area contributed by atoms with Crippen LogP contribution in [-0.4, -0.2) is 147 Å². The molecule has 3 aromatic carbocycles. The summed E-state index contributed by atoms with van der Waals surface area (Å²) in [5, 5.41) is 33.1. The van der Waals surface area contributed by atoms with Crippen LogP contribution in [0.4, 0.5) is 15.9 Å². The summed E-state index contributed by atoms with van der Waals surface area (Å²) in [5.41, 5.74) is 5.33. The van der Waals surface area contributed by atoms with Gasteiger partial charge in [-0.2, -0.15) is 9.97 Å². The number of halogens is 1. The Morgan fingerprint density at radius 1 is 1.00 bits per heavy atom. The maximum absolute atomic E-state index is 17.2. The number of aliphatic hydroxyl groups is 1. The molecule has 2 bridgehead atoms. The number of aromatic hydroxyl groups is 1. The van der Waals surface area contributed by atoms with Crippen molar-refractivity contribution in [3.63, 3.8) is 0 Å². The molecule has 4 saturated heterocycles. The van der Waals surface area contributed by atoms with Crippen molar-refractivity contribution in [3.8, 4) is 33.5 Å². The Hall–Kier alpha value is -6.38. The topological polar surface area (TPSA) is 208 Å². The number of phenols is 1. The van der Waals surface area contributed by atoms with Crippen LogP contribution in [0, 0.1) is 18.2 Å². The third-order valence-electron chi connectivity index (χ3n) is 15.4. The first kappa shape index (κ1) is 53.0. The van der Waals surface area contributed by atoms with Gasteiger partial charge in [-0.25, -0.2) is 9.37 Å². The molecule has 19 heteroatoms. The van der Waals surface area contributed by atoms with E-state index in [4.69, 9.17) is 24.4 Å². The number of nitrogens with zero attached hydrogens (tertiary/aromatic N) is 7. The van der Waals surface area contributed by atoms with Crippen molar-refractivity contribution in [3.05, 3.63) is 83.4 Å². The number of aryl methyl sites for hydroxylation is 2. The zero-order valence-electron chi connectivity index (χ0n) is 44.0. The number of amides is 3. The highest BCUT2D eigenvalue weighted by Gasteiger charge is 2.45. The molecule has 402 valence electrons. The quantitative estimate of drug-likeness (QED) is 0.0532. The Morgan fingerprint density at radius 3 is 2.53 bits per heavy atom. The largest absolute Gasteiger partial charge is 0.508 e. The summed E-state index contributed by atoms with van der Waals surface area (Å²) in [5.74, 6) is -1.16. The fourth-order valence-corrected chi connectivity index (χ4v) is 12.3. The van der Waals surface area contributed by atoms with Gasteiger partial charge in [-0.1, -0.05) is 58.0 Å². The monoisotopic (exact) mass is 1060 g/mol. The second-order valence-corrected chi connectivity index (χ2v) is 22.7. The number of β-amino-alcohol motifs (C(OH)–C–C–N with tert-alkyl or cyclic N) is 1. The molecular weight excluding hydrogens is 988 g/mol. The molecule has 0 radical (unpaired) electrons. The number of likely N-dealkylation sites (tertiary alicyclic amines) is 2. The summed E-state index contributed by atoms with van der Waals surface area (Å²) in [6, 6.07) is 15.5. The number of hydrogen-bond donors (Lipinski definition) is 5. The minimum absolute atomic E-state index is 0.0231. The van der Waals surface area contributed by atoms with Crippen LogP contribution >= 0.6 is 11.3 Å². The highest BCUT2D eigenvalue weighted by atomic mass is 32.1. The van der Waals surface area contributed by atoms with Crippen molar-refractivity contribution in [2.45, 2.75) is 122 Å². The number of ether oxygens (including phenoxy) is 2. The van der Waals surface area contributed by atoms with Crippen LogP contribution in [0.25, 0.3) is 43.4 Å². The fraction of sp³-hybridized carbons (Fsp3) is 0.491. The van der Waals surface area contributed by atoms with Crippen LogP contribution in [-0.2, 0) is 25.5 Å². The van der Waals surface area contributed by atoms with E-state index in [0.717, 1.165) is 90.8 Å².